The largest absolute Gasteiger partial charge is 0.474 e. The van der Waals surface area contributed by atoms with Crippen LogP contribution in [0.1, 0.15) is 37.5 Å². The summed E-state index contributed by atoms with van der Waals surface area (Å²) in [6, 6.07) is 2.13. The van der Waals surface area contributed by atoms with Gasteiger partial charge in [0.2, 0.25) is 11.8 Å². The molecule has 1 aliphatic carbocycles. The Labute approximate surface area is 123 Å². The Bertz CT molecular complexity index is 610. The van der Waals surface area contributed by atoms with Gasteiger partial charge in [-0.25, -0.2) is 4.98 Å². The number of hydrogen-bond acceptors (Lipinski definition) is 5. The van der Waals surface area contributed by atoms with Crippen molar-refractivity contribution in [3.05, 3.63) is 10.9 Å². The highest BCUT2D eigenvalue weighted by Crippen LogP contribution is 2.34. The van der Waals surface area contributed by atoms with Gasteiger partial charge in [-0.05, 0) is 38.2 Å². The van der Waals surface area contributed by atoms with E-state index in [0.29, 0.717) is 12.1 Å². The lowest BCUT2D eigenvalue weighted by atomic mass is 9.89. The molecule has 3 rings (SSSR count). The molecule has 4 nitrogen and oxygen atoms in total. The lowest BCUT2D eigenvalue weighted by molar-refractivity contribution is 0.126. The Morgan fingerprint density at radius 3 is 2.95 bits per heavy atom. The summed E-state index contributed by atoms with van der Waals surface area (Å²) in [5.41, 5.74) is 0. The molecule has 2 atom stereocenters. The molecule has 108 valence electrons. The van der Waals surface area contributed by atoms with E-state index in [9.17, 15) is 0 Å². The second kappa shape index (κ2) is 5.56. The van der Waals surface area contributed by atoms with Crippen LogP contribution in [0.2, 0.25) is 0 Å². The molecule has 0 radical (unpaired) electrons. The number of nitrogens with one attached hydrogen (secondary N) is 1. The molecule has 0 aromatic carbocycles. The van der Waals surface area contributed by atoms with E-state index in [-0.39, 0.29) is 0 Å². The second-order valence-electron chi connectivity index (χ2n) is 5.69. The molecular weight excluding hydrogens is 270 g/mol. The van der Waals surface area contributed by atoms with Gasteiger partial charge in [0.1, 0.15) is 10.9 Å². The van der Waals surface area contributed by atoms with Gasteiger partial charge in [0.05, 0.1) is 5.39 Å². The fourth-order valence-electron chi connectivity index (χ4n) is 2.86. The van der Waals surface area contributed by atoms with Gasteiger partial charge in [-0.2, -0.15) is 4.98 Å². The third-order valence-corrected chi connectivity index (χ3v) is 4.82. The lowest BCUT2D eigenvalue weighted by Gasteiger charge is -2.27. The van der Waals surface area contributed by atoms with Gasteiger partial charge < -0.3 is 10.1 Å². The van der Waals surface area contributed by atoms with E-state index in [0.717, 1.165) is 34.9 Å². The maximum Gasteiger partial charge on any atom is 0.227 e. The fourth-order valence-corrected chi connectivity index (χ4v) is 3.73. The highest BCUT2D eigenvalue weighted by Gasteiger charge is 2.22. The van der Waals surface area contributed by atoms with E-state index in [2.05, 4.69) is 35.2 Å². The van der Waals surface area contributed by atoms with Crippen LogP contribution in [-0.2, 0) is 0 Å². The predicted octanol–water partition coefficient (Wildman–Crippen LogP) is 4.00. The lowest BCUT2D eigenvalue weighted by Crippen LogP contribution is -2.24. The highest BCUT2D eigenvalue weighted by molar-refractivity contribution is 7.18. The van der Waals surface area contributed by atoms with Crippen molar-refractivity contribution in [2.75, 3.05) is 12.4 Å². The minimum absolute atomic E-state index is 0.293. The quantitative estimate of drug-likeness (QED) is 0.928. The van der Waals surface area contributed by atoms with E-state index in [4.69, 9.17) is 4.74 Å². The summed E-state index contributed by atoms with van der Waals surface area (Å²) in [5, 5.41) is 4.07. The van der Waals surface area contributed by atoms with Crippen LogP contribution in [0.3, 0.4) is 0 Å². The third kappa shape index (κ3) is 2.73. The zero-order valence-electron chi connectivity index (χ0n) is 12.3. The number of aromatic nitrogens is 2. The van der Waals surface area contributed by atoms with Crippen molar-refractivity contribution in [3.8, 4) is 5.88 Å². The molecule has 2 heterocycles. The molecule has 0 saturated heterocycles. The summed E-state index contributed by atoms with van der Waals surface area (Å²) in [6.07, 6.45) is 5.12. The maximum absolute atomic E-state index is 6.21. The predicted molar refractivity (Wildman–Crippen MR) is 83.7 cm³/mol. The number of thiophene rings is 1. The summed E-state index contributed by atoms with van der Waals surface area (Å²) in [7, 11) is 1.84. The molecule has 1 aliphatic rings. The van der Waals surface area contributed by atoms with Crippen LogP contribution < -0.4 is 10.1 Å². The van der Waals surface area contributed by atoms with Crippen LogP contribution in [0.5, 0.6) is 5.88 Å². The fraction of sp³-hybridized carbons (Fsp3) is 0.600. The van der Waals surface area contributed by atoms with Crippen molar-refractivity contribution in [2.45, 2.75) is 45.6 Å². The SMILES string of the molecule is CNc1nc(OC2CCCC(C)C2)c2cc(C)sc2n1. The number of hydrogen-bond donors (Lipinski definition) is 1. The molecule has 2 aromatic rings. The van der Waals surface area contributed by atoms with E-state index < -0.39 is 0 Å². The van der Waals surface area contributed by atoms with Crippen molar-refractivity contribution >= 4 is 27.5 Å². The van der Waals surface area contributed by atoms with Crippen LogP contribution in [0.15, 0.2) is 6.07 Å². The van der Waals surface area contributed by atoms with Crippen molar-refractivity contribution in [1.29, 1.82) is 0 Å². The molecular formula is C15H21N3OS. The van der Waals surface area contributed by atoms with Crippen LogP contribution in [0, 0.1) is 12.8 Å². The van der Waals surface area contributed by atoms with Gasteiger partial charge in [0, 0.05) is 11.9 Å². The van der Waals surface area contributed by atoms with Gasteiger partial charge in [-0.3, -0.25) is 0 Å². The molecule has 2 aromatic heterocycles. The van der Waals surface area contributed by atoms with E-state index >= 15 is 0 Å². The number of ether oxygens (including phenoxy) is 1. The molecule has 0 spiro atoms. The summed E-state index contributed by atoms with van der Waals surface area (Å²) >= 11 is 1.69. The summed E-state index contributed by atoms with van der Waals surface area (Å²) in [4.78, 5) is 11.3. The number of anilines is 1. The van der Waals surface area contributed by atoms with Gasteiger partial charge >= 0.3 is 0 Å². The summed E-state index contributed by atoms with van der Waals surface area (Å²) in [5.74, 6) is 2.13. The first kappa shape index (κ1) is 13.6. The summed E-state index contributed by atoms with van der Waals surface area (Å²) < 4.78 is 6.21. The number of rotatable bonds is 3. The topological polar surface area (TPSA) is 47.0 Å². The Balaban J connectivity index is 1.92. The molecule has 1 N–H and O–H groups in total. The van der Waals surface area contributed by atoms with Crippen LogP contribution in [0.25, 0.3) is 10.2 Å². The monoisotopic (exact) mass is 291 g/mol. The normalized spacial score (nSPS) is 22.9. The van der Waals surface area contributed by atoms with E-state index in [1.165, 1.54) is 17.7 Å². The number of nitrogens with zero attached hydrogens (tertiary/aromatic N) is 2. The molecule has 1 fully saturated rings. The maximum atomic E-state index is 6.21. The number of aryl methyl sites for hydroxylation is 1. The Kier molecular flexibility index (Phi) is 3.78. The smallest absolute Gasteiger partial charge is 0.227 e. The minimum Gasteiger partial charge on any atom is -0.474 e. The first-order valence-electron chi connectivity index (χ1n) is 7.28. The number of fused-ring (bicyclic) bond motifs is 1. The van der Waals surface area contributed by atoms with Gasteiger partial charge in [-0.1, -0.05) is 13.3 Å². The van der Waals surface area contributed by atoms with Crippen molar-refractivity contribution in [2.24, 2.45) is 5.92 Å². The van der Waals surface area contributed by atoms with Gasteiger partial charge in [0.15, 0.2) is 0 Å². The van der Waals surface area contributed by atoms with Crippen molar-refractivity contribution in [3.63, 3.8) is 0 Å². The van der Waals surface area contributed by atoms with Crippen molar-refractivity contribution in [1.82, 2.24) is 9.97 Å². The zero-order chi connectivity index (χ0) is 14.1. The molecule has 0 amide bonds. The first-order valence-corrected chi connectivity index (χ1v) is 8.10. The average Bonchev–Trinajstić information content (AvgIpc) is 2.79. The molecule has 0 bridgehead atoms. The van der Waals surface area contributed by atoms with Gasteiger partial charge in [0.25, 0.3) is 0 Å². The van der Waals surface area contributed by atoms with E-state index in [1.54, 1.807) is 11.3 Å². The molecule has 1 saturated carbocycles. The van der Waals surface area contributed by atoms with E-state index in [1.807, 2.05) is 7.05 Å². The van der Waals surface area contributed by atoms with Crippen LogP contribution in [0.4, 0.5) is 5.95 Å². The summed E-state index contributed by atoms with van der Waals surface area (Å²) in [6.45, 7) is 4.40. The Morgan fingerprint density at radius 1 is 1.35 bits per heavy atom. The molecule has 2 unspecified atom stereocenters. The highest BCUT2D eigenvalue weighted by atomic mass is 32.1. The Hall–Kier alpha value is -1.36. The van der Waals surface area contributed by atoms with Gasteiger partial charge in [-0.15, -0.1) is 11.3 Å². The minimum atomic E-state index is 0.293. The standard InChI is InChI=1S/C15H21N3OS/c1-9-5-4-6-11(7-9)19-13-12-8-10(2)20-14(12)18-15(16-3)17-13/h8-9,11H,4-7H2,1-3H3,(H,16,17,18). The molecule has 0 aliphatic heterocycles. The van der Waals surface area contributed by atoms with Crippen LogP contribution in [-0.4, -0.2) is 23.1 Å². The molecule has 20 heavy (non-hydrogen) atoms. The molecule has 5 heteroatoms. The zero-order valence-corrected chi connectivity index (χ0v) is 13.1. The average molecular weight is 291 g/mol. The third-order valence-electron chi connectivity index (χ3n) is 3.87. The first-order chi connectivity index (χ1) is 9.65. The Morgan fingerprint density at radius 2 is 2.20 bits per heavy atom. The second-order valence-corrected chi connectivity index (χ2v) is 6.92. The van der Waals surface area contributed by atoms with Crippen molar-refractivity contribution < 1.29 is 4.74 Å². The van der Waals surface area contributed by atoms with Crippen LogP contribution >= 0.6 is 11.3 Å².